The minimum Gasteiger partial charge on any atom is -0.493 e. The van der Waals surface area contributed by atoms with E-state index in [9.17, 15) is 4.79 Å². The summed E-state index contributed by atoms with van der Waals surface area (Å²) in [5.74, 6) is -0.395. The van der Waals surface area contributed by atoms with Crippen LogP contribution >= 0.6 is 0 Å². The third kappa shape index (κ3) is 1.44. The minimum atomic E-state index is -0.465. The molecule has 0 radical (unpaired) electrons. The SMILES string of the molecule is NC(=O)C1CNCCC12OC=C1C=CC=CC12. The molecule has 90 valence electrons. The molecule has 2 heterocycles. The second-order valence-corrected chi connectivity index (χ2v) is 4.82. The van der Waals surface area contributed by atoms with Gasteiger partial charge >= 0.3 is 0 Å². The molecule has 17 heavy (non-hydrogen) atoms. The molecule has 0 aromatic heterocycles. The topological polar surface area (TPSA) is 64.4 Å². The highest BCUT2D eigenvalue weighted by molar-refractivity contribution is 5.79. The number of nitrogens with one attached hydrogen (secondary N) is 1. The molecule has 1 aliphatic carbocycles. The van der Waals surface area contributed by atoms with Crippen molar-refractivity contribution in [1.29, 1.82) is 0 Å². The third-order valence-electron chi connectivity index (χ3n) is 3.98. The summed E-state index contributed by atoms with van der Waals surface area (Å²) >= 11 is 0. The van der Waals surface area contributed by atoms with Gasteiger partial charge in [0.05, 0.1) is 12.2 Å². The molecule has 0 aromatic carbocycles. The van der Waals surface area contributed by atoms with E-state index in [4.69, 9.17) is 10.5 Å². The first-order chi connectivity index (χ1) is 8.24. The van der Waals surface area contributed by atoms with Crippen LogP contribution in [0.25, 0.3) is 0 Å². The van der Waals surface area contributed by atoms with Crippen LogP contribution in [0.3, 0.4) is 0 Å². The van der Waals surface area contributed by atoms with E-state index in [0.717, 1.165) is 18.5 Å². The summed E-state index contributed by atoms with van der Waals surface area (Å²) < 4.78 is 5.90. The molecule has 3 unspecified atom stereocenters. The number of hydrogen-bond donors (Lipinski definition) is 2. The van der Waals surface area contributed by atoms with Crippen molar-refractivity contribution in [3.8, 4) is 0 Å². The number of hydrogen-bond acceptors (Lipinski definition) is 3. The Kier molecular flexibility index (Phi) is 2.33. The van der Waals surface area contributed by atoms with Gasteiger partial charge in [0.1, 0.15) is 5.60 Å². The first-order valence-electron chi connectivity index (χ1n) is 5.97. The Bertz CT molecular complexity index is 439. The van der Waals surface area contributed by atoms with Crippen LogP contribution in [0, 0.1) is 11.8 Å². The molecule has 3 rings (SSSR count). The maximum atomic E-state index is 11.6. The summed E-state index contributed by atoms with van der Waals surface area (Å²) in [6.45, 7) is 1.46. The van der Waals surface area contributed by atoms with Gasteiger partial charge in [0.25, 0.3) is 0 Å². The van der Waals surface area contributed by atoms with Crippen molar-refractivity contribution < 1.29 is 9.53 Å². The standard InChI is InChI=1S/C13H16N2O2/c14-12(16)11-7-15-6-5-13(11)10-4-2-1-3-9(10)8-17-13/h1-4,8,10-11,15H,5-7H2,(H2,14,16). The van der Waals surface area contributed by atoms with Crippen molar-refractivity contribution in [2.75, 3.05) is 13.1 Å². The van der Waals surface area contributed by atoms with Gasteiger partial charge in [-0.1, -0.05) is 24.3 Å². The Morgan fingerprint density at radius 2 is 2.41 bits per heavy atom. The number of rotatable bonds is 1. The maximum absolute atomic E-state index is 11.6. The van der Waals surface area contributed by atoms with Crippen molar-refractivity contribution in [2.24, 2.45) is 17.6 Å². The summed E-state index contributed by atoms with van der Waals surface area (Å²) in [7, 11) is 0. The molecule has 0 aromatic rings. The fourth-order valence-electron chi connectivity index (χ4n) is 3.10. The maximum Gasteiger partial charge on any atom is 0.225 e. The summed E-state index contributed by atoms with van der Waals surface area (Å²) in [5, 5.41) is 3.22. The lowest BCUT2D eigenvalue weighted by atomic mass is 9.70. The van der Waals surface area contributed by atoms with Gasteiger partial charge in [-0.25, -0.2) is 0 Å². The van der Waals surface area contributed by atoms with Crippen LogP contribution < -0.4 is 11.1 Å². The van der Waals surface area contributed by atoms with Crippen LogP contribution in [0.4, 0.5) is 0 Å². The Labute approximate surface area is 100 Å². The van der Waals surface area contributed by atoms with E-state index >= 15 is 0 Å². The number of piperidine rings is 1. The largest absolute Gasteiger partial charge is 0.493 e. The number of amides is 1. The van der Waals surface area contributed by atoms with Crippen LogP contribution in [0.2, 0.25) is 0 Å². The molecule has 3 N–H and O–H groups in total. The highest BCUT2D eigenvalue weighted by Gasteiger charge is 2.54. The highest BCUT2D eigenvalue weighted by Crippen LogP contribution is 2.46. The molecule has 0 saturated carbocycles. The van der Waals surface area contributed by atoms with E-state index in [1.807, 2.05) is 18.2 Å². The predicted octanol–water partition coefficient (Wildman–Crippen LogP) is 0.476. The molecule has 1 spiro atoms. The minimum absolute atomic E-state index is 0.159. The summed E-state index contributed by atoms with van der Waals surface area (Å²) in [6.07, 6.45) is 10.7. The number of ether oxygens (including phenoxy) is 1. The Balaban J connectivity index is 1.97. The van der Waals surface area contributed by atoms with Crippen LogP contribution in [-0.2, 0) is 9.53 Å². The number of carbonyl (C=O) groups excluding carboxylic acids is 1. The molecular weight excluding hydrogens is 216 g/mol. The molecule has 1 saturated heterocycles. The van der Waals surface area contributed by atoms with E-state index in [1.165, 1.54) is 0 Å². The van der Waals surface area contributed by atoms with E-state index in [0.29, 0.717) is 6.54 Å². The molecule has 1 amide bonds. The van der Waals surface area contributed by atoms with Crippen LogP contribution in [0.5, 0.6) is 0 Å². The zero-order chi connectivity index (χ0) is 11.9. The lowest BCUT2D eigenvalue weighted by molar-refractivity contribution is -0.135. The lowest BCUT2D eigenvalue weighted by Gasteiger charge is -2.43. The zero-order valence-electron chi connectivity index (χ0n) is 9.56. The van der Waals surface area contributed by atoms with Gasteiger partial charge in [-0.2, -0.15) is 0 Å². The first kappa shape index (κ1) is 10.6. The molecule has 0 bridgehead atoms. The van der Waals surface area contributed by atoms with Crippen molar-refractivity contribution in [1.82, 2.24) is 5.32 Å². The predicted molar refractivity (Wildman–Crippen MR) is 63.8 cm³/mol. The fourth-order valence-corrected chi connectivity index (χ4v) is 3.10. The zero-order valence-corrected chi connectivity index (χ0v) is 9.56. The van der Waals surface area contributed by atoms with E-state index in [2.05, 4.69) is 11.4 Å². The molecule has 1 fully saturated rings. The van der Waals surface area contributed by atoms with E-state index < -0.39 is 5.60 Å². The van der Waals surface area contributed by atoms with Crippen LogP contribution in [0.15, 0.2) is 36.1 Å². The number of allylic oxidation sites excluding steroid dienone is 3. The Morgan fingerprint density at radius 3 is 3.24 bits per heavy atom. The van der Waals surface area contributed by atoms with Crippen molar-refractivity contribution >= 4 is 5.91 Å². The van der Waals surface area contributed by atoms with Crippen molar-refractivity contribution in [3.63, 3.8) is 0 Å². The summed E-state index contributed by atoms with van der Waals surface area (Å²) in [6, 6.07) is 0. The summed E-state index contributed by atoms with van der Waals surface area (Å²) in [5.41, 5.74) is 6.19. The molecule has 3 aliphatic rings. The lowest BCUT2D eigenvalue weighted by Crippen LogP contribution is -2.58. The number of carbonyl (C=O) groups is 1. The van der Waals surface area contributed by atoms with Crippen LogP contribution in [0.1, 0.15) is 6.42 Å². The van der Waals surface area contributed by atoms with Gasteiger partial charge < -0.3 is 15.8 Å². The van der Waals surface area contributed by atoms with Gasteiger partial charge in [0.15, 0.2) is 0 Å². The number of nitrogens with two attached hydrogens (primary N) is 1. The third-order valence-corrected chi connectivity index (χ3v) is 3.98. The number of primary amides is 1. The van der Waals surface area contributed by atoms with E-state index in [-0.39, 0.29) is 17.7 Å². The van der Waals surface area contributed by atoms with Gasteiger partial charge in [0, 0.05) is 18.9 Å². The van der Waals surface area contributed by atoms with Crippen molar-refractivity contribution in [3.05, 3.63) is 36.1 Å². The number of fused-ring (bicyclic) bond motifs is 2. The average Bonchev–Trinajstić information content (AvgIpc) is 2.70. The van der Waals surface area contributed by atoms with Gasteiger partial charge in [-0.3, -0.25) is 4.79 Å². The quantitative estimate of drug-likeness (QED) is 0.691. The molecule has 4 nitrogen and oxygen atoms in total. The second kappa shape index (κ2) is 3.74. The van der Waals surface area contributed by atoms with Gasteiger partial charge in [-0.05, 0) is 12.1 Å². The molecule has 2 aliphatic heterocycles. The second-order valence-electron chi connectivity index (χ2n) is 4.82. The van der Waals surface area contributed by atoms with Gasteiger partial charge in [0.2, 0.25) is 5.91 Å². The molecular formula is C13H16N2O2. The fraction of sp³-hybridized carbons (Fsp3) is 0.462. The summed E-state index contributed by atoms with van der Waals surface area (Å²) in [4.78, 5) is 11.6. The average molecular weight is 232 g/mol. The molecule has 3 atom stereocenters. The highest BCUT2D eigenvalue weighted by atomic mass is 16.5. The van der Waals surface area contributed by atoms with Gasteiger partial charge in [-0.15, -0.1) is 0 Å². The molecule has 4 heteroatoms. The first-order valence-corrected chi connectivity index (χ1v) is 5.97. The monoisotopic (exact) mass is 232 g/mol. The Hall–Kier alpha value is -1.55. The smallest absolute Gasteiger partial charge is 0.225 e. The van der Waals surface area contributed by atoms with E-state index in [1.54, 1.807) is 6.26 Å². The normalized spacial score (nSPS) is 38.7. The van der Waals surface area contributed by atoms with Crippen molar-refractivity contribution in [2.45, 2.75) is 12.0 Å². The van der Waals surface area contributed by atoms with Crippen LogP contribution in [-0.4, -0.2) is 24.6 Å². The Morgan fingerprint density at radius 1 is 1.53 bits per heavy atom.